The molecule has 0 aliphatic carbocycles. The normalized spacial score (nSPS) is 24.8. The predicted octanol–water partition coefficient (Wildman–Crippen LogP) is 1.56. The second-order valence-electron chi connectivity index (χ2n) is 4.51. The maximum absolute atomic E-state index is 12.3. The van der Waals surface area contributed by atoms with Crippen molar-refractivity contribution < 1.29 is 4.79 Å². The summed E-state index contributed by atoms with van der Waals surface area (Å²) in [6, 6.07) is 7.97. The number of amides is 1. The van der Waals surface area contributed by atoms with Gasteiger partial charge in [-0.3, -0.25) is 4.79 Å². The summed E-state index contributed by atoms with van der Waals surface area (Å²) < 4.78 is 0. The summed E-state index contributed by atoms with van der Waals surface area (Å²) in [6.45, 7) is 4.76. The molecule has 3 nitrogen and oxygen atoms in total. The third-order valence-corrected chi connectivity index (χ3v) is 3.45. The maximum Gasteiger partial charge on any atom is 0.254 e. The molecule has 1 heterocycles. The molecule has 0 aromatic heterocycles. The quantitative estimate of drug-likeness (QED) is 0.777. The van der Waals surface area contributed by atoms with Crippen LogP contribution >= 0.6 is 0 Å². The van der Waals surface area contributed by atoms with Crippen LogP contribution in [0.15, 0.2) is 24.3 Å². The van der Waals surface area contributed by atoms with Crippen molar-refractivity contribution in [3.05, 3.63) is 35.4 Å². The van der Waals surface area contributed by atoms with Crippen LogP contribution < -0.4 is 5.73 Å². The first-order chi connectivity index (χ1) is 7.61. The van der Waals surface area contributed by atoms with E-state index >= 15 is 0 Å². The average Bonchev–Trinajstić information content (AvgIpc) is 2.60. The lowest BCUT2D eigenvalue weighted by Gasteiger charge is -2.23. The third kappa shape index (κ3) is 1.83. The summed E-state index contributed by atoms with van der Waals surface area (Å²) >= 11 is 0. The number of carbonyl (C=O) groups excluding carboxylic acids is 1. The van der Waals surface area contributed by atoms with E-state index in [1.165, 1.54) is 0 Å². The van der Waals surface area contributed by atoms with Crippen LogP contribution in [-0.2, 0) is 0 Å². The molecule has 1 aromatic carbocycles. The van der Waals surface area contributed by atoms with Gasteiger partial charge in [0.05, 0.1) is 0 Å². The lowest BCUT2D eigenvalue weighted by molar-refractivity contribution is 0.0742. The Morgan fingerprint density at radius 3 is 2.69 bits per heavy atom. The minimum absolute atomic E-state index is 0.110. The molecule has 0 spiro atoms. The molecule has 0 bridgehead atoms. The van der Waals surface area contributed by atoms with Gasteiger partial charge in [0.1, 0.15) is 0 Å². The van der Waals surface area contributed by atoms with Crippen LogP contribution in [0.1, 0.15) is 29.3 Å². The van der Waals surface area contributed by atoms with Crippen LogP contribution in [0.25, 0.3) is 0 Å². The van der Waals surface area contributed by atoms with Crippen LogP contribution in [0.5, 0.6) is 0 Å². The molecule has 1 amide bonds. The molecule has 86 valence electrons. The van der Waals surface area contributed by atoms with Gasteiger partial charge in [-0.25, -0.2) is 0 Å². The van der Waals surface area contributed by atoms with Gasteiger partial charge < -0.3 is 10.6 Å². The smallest absolute Gasteiger partial charge is 0.254 e. The molecule has 16 heavy (non-hydrogen) atoms. The minimum Gasteiger partial charge on any atom is -0.334 e. The van der Waals surface area contributed by atoms with E-state index in [-0.39, 0.29) is 18.0 Å². The monoisotopic (exact) mass is 218 g/mol. The van der Waals surface area contributed by atoms with E-state index in [0.29, 0.717) is 0 Å². The molecule has 0 saturated carbocycles. The second kappa shape index (κ2) is 4.26. The zero-order chi connectivity index (χ0) is 11.7. The molecular formula is C13H18N2O. The van der Waals surface area contributed by atoms with Crippen LogP contribution in [0.4, 0.5) is 0 Å². The highest BCUT2D eigenvalue weighted by molar-refractivity contribution is 5.96. The van der Waals surface area contributed by atoms with Crippen LogP contribution in [0, 0.1) is 6.92 Å². The van der Waals surface area contributed by atoms with Gasteiger partial charge in [0.25, 0.3) is 5.91 Å². The molecule has 2 atom stereocenters. The molecule has 3 heteroatoms. The van der Waals surface area contributed by atoms with Crippen molar-refractivity contribution in [2.24, 2.45) is 5.73 Å². The largest absolute Gasteiger partial charge is 0.334 e. The number of nitrogens with zero attached hydrogens (tertiary/aromatic N) is 1. The zero-order valence-corrected chi connectivity index (χ0v) is 9.81. The highest BCUT2D eigenvalue weighted by Gasteiger charge is 2.32. The first-order valence-corrected chi connectivity index (χ1v) is 5.73. The second-order valence-corrected chi connectivity index (χ2v) is 4.51. The molecule has 2 unspecified atom stereocenters. The first kappa shape index (κ1) is 11.1. The van der Waals surface area contributed by atoms with Gasteiger partial charge >= 0.3 is 0 Å². The number of hydrogen-bond donors (Lipinski definition) is 1. The number of rotatable bonds is 1. The first-order valence-electron chi connectivity index (χ1n) is 5.73. The summed E-state index contributed by atoms with van der Waals surface area (Å²) in [5, 5.41) is 0. The van der Waals surface area contributed by atoms with Gasteiger partial charge in [0, 0.05) is 24.2 Å². The van der Waals surface area contributed by atoms with E-state index in [2.05, 4.69) is 0 Å². The van der Waals surface area contributed by atoms with Gasteiger partial charge in [-0.05, 0) is 31.9 Å². The standard InChI is InChI=1S/C13H18N2O/c1-9-5-3-4-6-11(9)13(16)15-8-7-12(14)10(15)2/h3-6,10,12H,7-8,14H2,1-2H3. The van der Waals surface area contributed by atoms with Gasteiger partial charge in [-0.2, -0.15) is 0 Å². The van der Waals surface area contributed by atoms with Crippen LogP contribution in [0.3, 0.4) is 0 Å². The maximum atomic E-state index is 12.3. The molecule has 1 saturated heterocycles. The fourth-order valence-corrected chi connectivity index (χ4v) is 2.22. The van der Waals surface area contributed by atoms with Crippen molar-refractivity contribution in [3.8, 4) is 0 Å². The van der Waals surface area contributed by atoms with Crippen molar-refractivity contribution in [2.45, 2.75) is 32.4 Å². The van der Waals surface area contributed by atoms with Gasteiger partial charge in [0.2, 0.25) is 0 Å². The molecular weight excluding hydrogens is 200 g/mol. The van der Waals surface area contributed by atoms with Crippen molar-refractivity contribution >= 4 is 5.91 Å². The summed E-state index contributed by atoms with van der Waals surface area (Å²) in [5.41, 5.74) is 7.75. The van der Waals surface area contributed by atoms with E-state index in [1.807, 2.05) is 43.0 Å². The molecule has 2 N–H and O–H groups in total. The van der Waals surface area contributed by atoms with E-state index in [1.54, 1.807) is 0 Å². The fraction of sp³-hybridized carbons (Fsp3) is 0.462. The van der Waals surface area contributed by atoms with Crippen molar-refractivity contribution in [1.82, 2.24) is 4.90 Å². The molecule has 1 aliphatic heterocycles. The Bertz CT molecular complexity index is 403. The lowest BCUT2D eigenvalue weighted by Crippen LogP contribution is -2.40. The topological polar surface area (TPSA) is 46.3 Å². The SMILES string of the molecule is Cc1ccccc1C(=O)N1CCC(N)C1C. The summed E-state index contributed by atoms with van der Waals surface area (Å²) in [4.78, 5) is 14.2. The Morgan fingerprint density at radius 1 is 1.44 bits per heavy atom. The Hall–Kier alpha value is -1.35. The molecule has 1 fully saturated rings. The van der Waals surface area contributed by atoms with E-state index in [4.69, 9.17) is 5.73 Å². The van der Waals surface area contributed by atoms with Gasteiger partial charge in [0.15, 0.2) is 0 Å². The van der Waals surface area contributed by atoms with E-state index in [0.717, 1.165) is 24.1 Å². The number of nitrogens with two attached hydrogens (primary N) is 1. The van der Waals surface area contributed by atoms with Gasteiger partial charge in [-0.1, -0.05) is 18.2 Å². The Balaban J connectivity index is 2.23. The number of likely N-dealkylation sites (tertiary alicyclic amines) is 1. The Labute approximate surface area is 96.2 Å². The molecule has 1 aliphatic rings. The zero-order valence-electron chi connectivity index (χ0n) is 9.81. The number of hydrogen-bond acceptors (Lipinski definition) is 2. The molecule has 1 aromatic rings. The van der Waals surface area contributed by atoms with Crippen molar-refractivity contribution in [1.29, 1.82) is 0 Å². The number of carbonyl (C=O) groups is 1. The van der Waals surface area contributed by atoms with Gasteiger partial charge in [-0.15, -0.1) is 0 Å². The molecule has 0 radical (unpaired) electrons. The fourth-order valence-electron chi connectivity index (χ4n) is 2.22. The Kier molecular flexibility index (Phi) is 2.97. The highest BCUT2D eigenvalue weighted by Crippen LogP contribution is 2.20. The number of aryl methyl sites for hydroxylation is 1. The third-order valence-electron chi connectivity index (χ3n) is 3.45. The van der Waals surface area contributed by atoms with Crippen LogP contribution in [-0.4, -0.2) is 29.4 Å². The molecule has 2 rings (SSSR count). The summed E-state index contributed by atoms with van der Waals surface area (Å²) in [6.07, 6.45) is 0.902. The Morgan fingerprint density at radius 2 is 2.12 bits per heavy atom. The predicted molar refractivity (Wildman–Crippen MR) is 64.3 cm³/mol. The van der Waals surface area contributed by atoms with Crippen molar-refractivity contribution in [3.63, 3.8) is 0 Å². The van der Waals surface area contributed by atoms with E-state index < -0.39 is 0 Å². The average molecular weight is 218 g/mol. The lowest BCUT2D eigenvalue weighted by atomic mass is 10.1. The minimum atomic E-state index is 0.110. The van der Waals surface area contributed by atoms with Crippen molar-refractivity contribution in [2.75, 3.05) is 6.54 Å². The van der Waals surface area contributed by atoms with Crippen LogP contribution in [0.2, 0.25) is 0 Å². The number of benzene rings is 1. The highest BCUT2D eigenvalue weighted by atomic mass is 16.2. The summed E-state index contributed by atoms with van der Waals surface area (Å²) in [7, 11) is 0. The summed E-state index contributed by atoms with van der Waals surface area (Å²) in [5.74, 6) is 0.110. The van der Waals surface area contributed by atoms with E-state index in [9.17, 15) is 4.79 Å².